The number of aromatic amines is 1. The molecule has 1 aromatic heterocycles. The minimum absolute atomic E-state index is 0.0105. The fourth-order valence-electron chi connectivity index (χ4n) is 4.79. The van der Waals surface area contributed by atoms with E-state index in [1.54, 1.807) is 37.4 Å². The molecule has 32 heavy (non-hydrogen) atoms. The van der Waals surface area contributed by atoms with Crippen molar-refractivity contribution in [1.82, 2.24) is 9.88 Å². The fraction of sp³-hybridized carbons (Fsp3) is 0.333. The van der Waals surface area contributed by atoms with Gasteiger partial charge in [0.15, 0.2) is 0 Å². The molecule has 1 aliphatic carbocycles. The summed E-state index contributed by atoms with van der Waals surface area (Å²) in [4.78, 5) is 30.6. The number of nitrogens with one attached hydrogen (secondary N) is 2. The number of carbonyl (C=O) groups excluding carboxylic acids is 2. The van der Waals surface area contributed by atoms with Gasteiger partial charge >= 0.3 is 0 Å². The molecular formula is C24H23ClFN3O3. The zero-order chi connectivity index (χ0) is 22.5. The number of carbonyl (C=O) groups is 2. The molecule has 2 aromatic carbocycles. The summed E-state index contributed by atoms with van der Waals surface area (Å²) >= 11 is 6.15. The molecule has 1 atom stereocenters. The number of hydrogen-bond acceptors (Lipinski definition) is 3. The first-order valence-electron chi connectivity index (χ1n) is 10.6. The van der Waals surface area contributed by atoms with Gasteiger partial charge in [-0.3, -0.25) is 9.59 Å². The Balaban J connectivity index is 1.19. The summed E-state index contributed by atoms with van der Waals surface area (Å²) in [6.45, 7) is 1.20. The van der Waals surface area contributed by atoms with E-state index in [0.717, 1.165) is 24.8 Å². The van der Waals surface area contributed by atoms with Crippen LogP contribution in [0.2, 0.25) is 5.02 Å². The SMILES string of the molecule is COc1ccc(NC(=O)C2CC23CCN(C(=O)c2cc4cc(F)ccc4[nH]2)CC3)cc1Cl. The van der Waals surface area contributed by atoms with Gasteiger partial charge in [0.1, 0.15) is 17.3 Å². The second kappa shape index (κ2) is 7.81. The number of amides is 2. The van der Waals surface area contributed by atoms with Gasteiger partial charge in [-0.1, -0.05) is 11.6 Å². The molecule has 2 heterocycles. The lowest BCUT2D eigenvalue weighted by atomic mass is 9.90. The van der Waals surface area contributed by atoms with Gasteiger partial charge in [0.2, 0.25) is 5.91 Å². The molecule has 2 fully saturated rings. The van der Waals surface area contributed by atoms with Gasteiger partial charge < -0.3 is 19.9 Å². The number of halogens is 2. The van der Waals surface area contributed by atoms with Gasteiger partial charge in [-0.2, -0.15) is 0 Å². The molecule has 3 aromatic rings. The van der Waals surface area contributed by atoms with Crippen molar-refractivity contribution in [2.75, 3.05) is 25.5 Å². The van der Waals surface area contributed by atoms with Crippen molar-refractivity contribution in [2.45, 2.75) is 19.3 Å². The van der Waals surface area contributed by atoms with Crippen molar-refractivity contribution in [2.24, 2.45) is 11.3 Å². The van der Waals surface area contributed by atoms with Crippen molar-refractivity contribution < 1.29 is 18.7 Å². The predicted octanol–water partition coefficient (Wildman–Crippen LogP) is 4.85. The lowest BCUT2D eigenvalue weighted by molar-refractivity contribution is -0.118. The van der Waals surface area contributed by atoms with E-state index in [2.05, 4.69) is 10.3 Å². The molecule has 2 aliphatic rings. The molecule has 2 N–H and O–H groups in total. The maximum atomic E-state index is 13.4. The van der Waals surface area contributed by atoms with Crippen molar-refractivity contribution in [3.8, 4) is 5.75 Å². The van der Waals surface area contributed by atoms with Crippen LogP contribution < -0.4 is 10.1 Å². The fourth-order valence-corrected chi connectivity index (χ4v) is 5.05. The first kappa shape index (κ1) is 20.8. The van der Waals surface area contributed by atoms with Gasteiger partial charge in [0.05, 0.1) is 12.1 Å². The van der Waals surface area contributed by atoms with Crippen LogP contribution in [-0.4, -0.2) is 41.9 Å². The molecule has 0 bridgehead atoms. The summed E-state index contributed by atoms with van der Waals surface area (Å²) < 4.78 is 18.6. The summed E-state index contributed by atoms with van der Waals surface area (Å²) in [6, 6.07) is 11.3. The van der Waals surface area contributed by atoms with Crippen LogP contribution in [0.25, 0.3) is 10.9 Å². The first-order valence-corrected chi connectivity index (χ1v) is 11.0. The molecule has 1 spiro atoms. The number of piperidine rings is 1. The minimum Gasteiger partial charge on any atom is -0.495 e. The number of H-pyrrole nitrogens is 1. The molecule has 2 amide bonds. The molecule has 8 heteroatoms. The average molecular weight is 456 g/mol. The second-order valence-electron chi connectivity index (χ2n) is 8.66. The lowest BCUT2D eigenvalue weighted by Gasteiger charge is -2.32. The van der Waals surface area contributed by atoms with Crippen LogP contribution in [0.15, 0.2) is 42.5 Å². The summed E-state index contributed by atoms with van der Waals surface area (Å²) in [5.74, 6) is 0.0707. The van der Waals surface area contributed by atoms with Gasteiger partial charge in [0.25, 0.3) is 5.91 Å². The van der Waals surface area contributed by atoms with Crippen molar-refractivity contribution in [3.05, 3.63) is 59.0 Å². The second-order valence-corrected chi connectivity index (χ2v) is 9.07. The molecule has 6 nitrogen and oxygen atoms in total. The third-order valence-corrected chi connectivity index (χ3v) is 7.08. The third-order valence-electron chi connectivity index (χ3n) is 6.79. The molecule has 1 unspecified atom stereocenters. The maximum Gasteiger partial charge on any atom is 0.270 e. The van der Waals surface area contributed by atoms with Crippen LogP contribution >= 0.6 is 11.6 Å². The Labute approximate surface area is 189 Å². The molecule has 1 saturated carbocycles. The highest BCUT2D eigenvalue weighted by Gasteiger charge is 2.58. The molecule has 1 aliphatic heterocycles. The standard InChI is InChI=1S/C24H23ClFN3O3/c1-32-21-5-3-16(12-18(21)25)27-22(30)17-13-24(17)6-8-29(9-7-24)23(31)20-11-14-10-15(26)2-4-19(14)28-20/h2-5,10-12,17,28H,6-9,13H2,1H3,(H,27,30). The van der Waals surface area contributed by atoms with Crippen LogP contribution in [0.1, 0.15) is 29.8 Å². The Morgan fingerprint density at radius 1 is 1.19 bits per heavy atom. The van der Waals surface area contributed by atoms with Crippen LogP contribution in [-0.2, 0) is 4.79 Å². The largest absolute Gasteiger partial charge is 0.495 e. The number of benzene rings is 2. The molecule has 166 valence electrons. The van der Waals surface area contributed by atoms with E-state index in [1.165, 1.54) is 12.1 Å². The van der Waals surface area contributed by atoms with E-state index < -0.39 is 0 Å². The van der Waals surface area contributed by atoms with E-state index in [9.17, 15) is 14.0 Å². The van der Waals surface area contributed by atoms with Crippen LogP contribution in [0.4, 0.5) is 10.1 Å². The quantitative estimate of drug-likeness (QED) is 0.590. The maximum absolute atomic E-state index is 13.4. The van der Waals surface area contributed by atoms with E-state index in [1.807, 2.05) is 4.90 Å². The van der Waals surface area contributed by atoms with Crippen LogP contribution in [0.5, 0.6) is 5.75 Å². The molecular weight excluding hydrogens is 433 g/mol. The normalized spacial score (nSPS) is 19.2. The highest BCUT2D eigenvalue weighted by molar-refractivity contribution is 6.32. The number of likely N-dealkylation sites (tertiary alicyclic amines) is 1. The van der Waals surface area contributed by atoms with Gasteiger partial charge in [-0.25, -0.2) is 4.39 Å². The number of fused-ring (bicyclic) bond motifs is 1. The molecule has 5 rings (SSSR count). The van der Waals surface area contributed by atoms with Crippen LogP contribution in [0.3, 0.4) is 0 Å². The number of methoxy groups -OCH3 is 1. The van der Waals surface area contributed by atoms with Crippen molar-refractivity contribution in [3.63, 3.8) is 0 Å². The monoisotopic (exact) mass is 455 g/mol. The van der Waals surface area contributed by atoms with Crippen LogP contribution in [0, 0.1) is 17.2 Å². The summed E-state index contributed by atoms with van der Waals surface area (Å²) in [5.41, 5.74) is 1.80. The third kappa shape index (κ3) is 3.71. The summed E-state index contributed by atoms with van der Waals surface area (Å²) in [7, 11) is 1.54. The zero-order valence-corrected chi connectivity index (χ0v) is 18.3. The Bertz CT molecular complexity index is 1220. The number of rotatable bonds is 4. The van der Waals surface area contributed by atoms with Gasteiger partial charge in [-0.05, 0) is 67.1 Å². The van der Waals surface area contributed by atoms with Gasteiger partial charge in [0, 0.05) is 35.6 Å². The number of hydrogen-bond donors (Lipinski definition) is 2. The number of aromatic nitrogens is 1. The Hall–Kier alpha value is -3.06. The number of nitrogens with zero attached hydrogens (tertiary/aromatic N) is 1. The average Bonchev–Trinajstić information content (AvgIpc) is 3.31. The molecule has 0 radical (unpaired) electrons. The van der Waals surface area contributed by atoms with Gasteiger partial charge in [-0.15, -0.1) is 0 Å². The highest BCUT2D eigenvalue weighted by Crippen LogP contribution is 2.59. The number of anilines is 1. The Kier molecular flexibility index (Phi) is 5.08. The smallest absolute Gasteiger partial charge is 0.270 e. The van der Waals surface area contributed by atoms with E-state index >= 15 is 0 Å². The predicted molar refractivity (Wildman–Crippen MR) is 121 cm³/mol. The van der Waals surface area contributed by atoms with Crippen molar-refractivity contribution in [1.29, 1.82) is 0 Å². The van der Waals surface area contributed by atoms with E-state index in [-0.39, 0.29) is 29.0 Å². The van der Waals surface area contributed by atoms with Crippen molar-refractivity contribution >= 4 is 40.0 Å². The summed E-state index contributed by atoms with van der Waals surface area (Å²) in [5, 5.41) is 4.08. The van der Waals surface area contributed by atoms with E-state index in [4.69, 9.17) is 16.3 Å². The first-order chi connectivity index (χ1) is 15.4. The Morgan fingerprint density at radius 3 is 2.69 bits per heavy atom. The topological polar surface area (TPSA) is 74.4 Å². The van der Waals surface area contributed by atoms with E-state index in [0.29, 0.717) is 40.6 Å². The molecule has 1 saturated heterocycles. The zero-order valence-electron chi connectivity index (χ0n) is 17.6. The highest BCUT2D eigenvalue weighted by atomic mass is 35.5. The summed E-state index contributed by atoms with van der Waals surface area (Å²) in [6.07, 6.45) is 2.40. The number of ether oxygens (including phenoxy) is 1. The minimum atomic E-state index is -0.328. The lowest BCUT2D eigenvalue weighted by Crippen LogP contribution is -2.40. The Morgan fingerprint density at radius 2 is 1.97 bits per heavy atom.